The van der Waals surface area contributed by atoms with Crippen LogP contribution in [0.15, 0.2) is 47.2 Å². The maximum atomic E-state index is 11.9. The average molecular weight is 373 g/mol. The molecule has 0 spiro atoms. The van der Waals surface area contributed by atoms with Crippen LogP contribution in [0.2, 0.25) is 0 Å². The van der Waals surface area contributed by atoms with Crippen molar-refractivity contribution in [2.24, 2.45) is 0 Å². The standard InChI is InChI=1S/C17H15N3O3S2/c1-23-15(21)12-6-4-11(5-7-12)14-10-25-17(19-14)20-16(22)18-9-13-3-2-8-24-13/h2-8,10H,9H2,1H3,(H2,18,19,20,22). The maximum Gasteiger partial charge on any atom is 0.337 e. The third kappa shape index (κ3) is 4.43. The summed E-state index contributed by atoms with van der Waals surface area (Å²) in [5.41, 5.74) is 2.07. The number of hydrogen-bond acceptors (Lipinski definition) is 6. The highest BCUT2D eigenvalue weighted by molar-refractivity contribution is 7.14. The Labute approximate surface area is 152 Å². The van der Waals surface area contributed by atoms with Crippen molar-refractivity contribution in [1.29, 1.82) is 0 Å². The van der Waals surface area contributed by atoms with Crippen LogP contribution in [0, 0.1) is 0 Å². The van der Waals surface area contributed by atoms with Crippen LogP contribution in [0.1, 0.15) is 15.2 Å². The number of methoxy groups -OCH3 is 1. The number of aromatic nitrogens is 1. The molecule has 0 atom stereocenters. The molecule has 3 rings (SSSR count). The summed E-state index contributed by atoms with van der Waals surface area (Å²) in [7, 11) is 1.35. The largest absolute Gasteiger partial charge is 0.465 e. The average Bonchev–Trinajstić information content (AvgIpc) is 3.31. The lowest BCUT2D eigenvalue weighted by Gasteiger charge is -2.03. The molecule has 3 aromatic rings. The van der Waals surface area contributed by atoms with Gasteiger partial charge in [0.05, 0.1) is 24.9 Å². The van der Waals surface area contributed by atoms with Gasteiger partial charge in [0.2, 0.25) is 0 Å². The Morgan fingerprint density at radius 2 is 1.96 bits per heavy atom. The van der Waals surface area contributed by atoms with E-state index >= 15 is 0 Å². The molecule has 0 aliphatic heterocycles. The number of thiazole rings is 1. The van der Waals surface area contributed by atoms with Crippen LogP contribution in [0.4, 0.5) is 9.93 Å². The summed E-state index contributed by atoms with van der Waals surface area (Å²) < 4.78 is 4.67. The second-order valence-corrected chi connectivity index (χ2v) is 6.88. The summed E-state index contributed by atoms with van der Waals surface area (Å²) in [6.07, 6.45) is 0. The summed E-state index contributed by atoms with van der Waals surface area (Å²) in [6, 6.07) is 10.6. The predicted molar refractivity (Wildman–Crippen MR) is 99.1 cm³/mol. The minimum Gasteiger partial charge on any atom is -0.465 e. The number of ether oxygens (including phenoxy) is 1. The van der Waals surface area contributed by atoms with E-state index in [-0.39, 0.29) is 12.0 Å². The Hall–Kier alpha value is -2.71. The molecule has 0 saturated heterocycles. The highest BCUT2D eigenvalue weighted by atomic mass is 32.1. The molecule has 2 aromatic heterocycles. The quantitative estimate of drug-likeness (QED) is 0.663. The second kappa shape index (κ2) is 7.91. The highest BCUT2D eigenvalue weighted by Gasteiger charge is 2.10. The molecular weight excluding hydrogens is 358 g/mol. The number of carbonyl (C=O) groups is 2. The van der Waals surface area contributed by atoms with Gasteiger partial charge in [0.15, 0.2) is 5.13 Å². The van der Waals surface area contributed by atoms with E-state index in [1.54, 1.807) is 35.6 Å². The Morgan fingerprint density at radius 3 is 2.64 bits per heavy atom. The van der Waals surface area contributed by atoms with Gasteiger partial charge in [0, 0.05) is 15.8 Å². The van der Waals surface area contributed by atoms with Crippen LogP contribution in [-0.2, 0) is 11.3 Å². The molecule has 6 nitrogen and oxygen atoms in total. The molecule has 25 heavy (non-hydrogen) atoms. The van der Waals surface area contributed by atoms with Crippen molar-refractivity contribution in [3.05, 3.63) is 57.6 Å². The van der Waals surface area contributed by atoms with Crippen LogP contribution >= 0.6 is 22.7 Å². The molecule has 0 aliphatic carbocycles. The van der Waals surface area contributed by atoms with Crippen molar-refractivity contribution in [2.75, 3.05) is 12.4 Å². The zero-order valence-electron chi connectivity index (χ0n) is 13.3. The van der Waals surface area contributed by atoms with E-state index in [2.05, 4.69) is 20.4 Å². The van der Waals surface area contributed by atoms with Gasteiger partial charge in [0.1, 0.15) is 0 Å². The summed E-state index contributed by atoms with van der Waals surface area (Å²) in [5.74, 6) is -0.380. The molecule has 2 amide bonds. The van der Waals surface area contributed by atoms with E-state index in [4.69, 9.17) is 0 Å². The van der Waals surface area contributed by atoms with E-state index in [0.717, 1.165) is 16.1 Å². The number of thiophene rings is 1. The molecule has 0 aliphatic rings. The second-order valence-electron chi connectivity index (χ2n) is 4.99. The number of nitrogens with one attached hydrogen (secondary N) is 2. The van der Waals surface area contributed by atoms with E-state index in [1.165, 1.54) is 18.4 Å². The molecule has 0 saturated carbocycles. The molecule has 0 bridgehead atoms. The number of esters is 1. The van der Waals surface area contributed by atoms with Crippen LogP contribution in [0.25, 0.3) is 11.3 Å². The van der Waals surface area contributed by atoms with Gasteiger partial charge in [-0.3, -0.25) is 5.32 Å². The predicted octanol–water partition coefficient (Wildman–Crippen LogP) is 3.98. The summed E-state index contributed by atoms with van der Waals surface area (Å²) >= 11 is 2.93. The number of benzene rings is 1. The monoisotopic (exact) mass is 373 g/mol. The zero-order chi connectivity index (χ0) is 17.6. The lowest BCUT2D eigenvalue weighted by atomic mass is 10.1. The first kappa shape index (κ1) is 17.1. The van der Waals surface area contributed by atoms with Crippen molar-refractivity contribution >= 4 is 39.8 Å². The van der Waals surface area contributed by atoms with Gasteiger partial charge in [-0.05, 0) is 23.6 Å². The van der Waals surface area contributed by atoms with E-state index < -0.39 is 0 Å². The van der Waals surface area contributed by atoms with Gasteiger partial charge >= 0.3 is 12.0 Å². The van der Waals surface area contributed by atoms with Gasteiger partial charge in [-0.25, -0.2) is 14.6 Å². The zero-order valence-corrected chi connectivity index (χ0v) is 14.9. The fraction of sp³-hybridized carbons (Fsp3) is 0.118. The Bertz CT molecular complexity index is 858. The van der Waals surface area contributed by atoms with Crippen molar-refractivity contribution < 1.29 is 14.3 Å². The van der Waals surface area contributed by atoms with Crippen LogP contribution in [0.3, 0.4) is 0 Å². The Balaban J connectivity index is 1.60. The fourth-order valence-corrected chi connectivity index (χ4v) is 3.44. The number of amides is 2. The normalized spacial score (nSPS) is 10.3. The lowest BCUT2D eigenvalue weighted by molar-refractivity contribution is 0.0600. The van der Waals surface area contributed by atoms with Gasteiger partial charge in [-0.15, -0.1) is 22.7 Å². The van der Waals surface area contributed by atoms with Gasteiger partial charge in [-0.2, -0.15) is 0 Å². The number of urea groups is 1. The molecule has 2 heterocycles. The smallest absolute Gasteiger partial charge is 0.337 e. The summed E-state index contributed by atoms with van der Waals surface area (Å²) in [4.78, 5) is 28.8. The molecule has 0 fully saturated rings. The number of rotatable bonds is 5. The summed E-state index contributed by atoms with van der Waals surface area (Å²) in [5, 5.41) is 9.83. The first-order valence-corrected chi connectivity index (χ1v) is 9.13. The molecule has 2 N–H and O–H groups in total. The Morgan fingerprint density at radius 1 is 1.16 bits per heavy atom. The molecule has 128 valence electrons. The van der Waals surface area contributed by atoms with Crippen molar-refractivity contribution in [3.8, 4) is 11.3 Å². The number of nitrogens with zero attached hydrogens (tertiary/aromatic N) is 1. The van der Waals surface area contributed by atoms with Crippen molar-refractivity contribution in [3.63, 3.8) is 0 Å². The Kier molecular flexibility index (Phi) is 5.42. The first-order valence-electron chi connectivity index (χ1n) is 7.37. The van der Waals surface area contributed by atoms with E-state index in [1.807, 2.05) is 22.9 Å². The van der Waals surface area contributed by atoms with Gasteiger partial charge in [0.25, 0.3) is 0 Å². The molecule has 1 aromatic carbocycles. The first-order chi connectivity index (χ1) is 12.2. The number of carbonyl (C=O) groups excluding carboxylic acids is 2. The van der Waals surface area contributed by atoms with Gasteiger partial charge < -0.3 is 10.1 Å². The van der Waals surface area contributed by atoms with Crippen LogP contribution in [0.5, 0.6) is 0 Å². The van der Waals surface area contributed by atoms with E-state index in [0.29, 0.717) is 17.2 Å². The maximum absolute atomic E-state index is 11.9. The number of hydrogen-bond donors (Lipinski definition) is 2. The third-order valence-electron chi connectivity index (χ3n) is 3.33. The number of anilines is 1. The third-order valence-corrected chi connectivity index (χ3v) is 4.96. The lowest BCUT2D eigenvalue weighted by Crippen LogP contribution is -2.27. The molecule has 8 heteroatoms. The molecular formula is C17H15N3O3S2. The minimum atomic E-state index is -0.380. The van der Waals surface area contributed by atoms with Gasteiger partial charge in [-0.1, -0.05) is 18.2 Å². The molecule has 0 unspecified atom stereocenters. The minimum absolute atomic E-state index is 0.296. The fourth-order valence-electron chi connectivity index (χ4n) is 2.08. The van der Waals surface area contributed by atoms with Crippen LogP contribution in [-0.4, -0.2) is 24.1 Å². The highest BCUT2D eigenvalue weighted by Crippen LogP contribution is 2.25. The molecule has 0 radical (unpaired) electrons. The topological polar surface area (TPSA) is 80.3 Å². The van der Waals surface area contributed by atoms with E-state index in [9.17, 15) is 9.59 Å². The van der Waals surface area contributed by atoms with Crippen LogP contribution < -0.4 is 10.6 Å². The van der Waals surface area contributed by atoms with Crippen molar-refractivity contribution in [2.45, 2.75) is 6.54 Å². The van der Waals surface area contributed by atoms with Crippen molar-refractivity contribution in [1.82, 2.24) is 10.3 Å². The SMILES string of the molecule is COC(=O)c1ccc(-c2csc(NC(=O)NCc3cccs3)n2)cc1. The summed E-state index contributed by atoms with van der Waals surface area (Å²) in [6.45, 7) is 0.483.